The quantitative estimate of drug-likeness (QED) is 0.869. The third-order valence-electron chi connectivity index (χ3n) is 4.83. The summed E-state index contributed by atoms with van der Waals surface area (Å²) in [6, 6.07) is 4.44. The van der Waals surface area contributed by atoms with E-state index in [2.05, 4.69) is 10.6 Å². The van der Waals surface area contributed by atoms with Crippen molar-refractivity contribution < 1.29 is 14.0 Å². The van der Waals surface area contributed by atoms with Gasteiger partial charge in [-0.05, 0) is 49.8 Å². The van der Waals surface area contributed by atoms with Crippen LogP contribution in [-0.2, 0) is 4.79 Å². The fourth-order valence-corrected chi connectivity index (χ4v) is 3.12. The van der Waals surface area contributed by atoms with Crippen molar-refractivity contribution in [3.05, 3.63) is 29.6 Å². The number of likely N-dealkylation sites (tertiary alicyclic amines) is 1. The number of nitrogens with zero attached hydrogens (tertiary/aromatic N) is 1. The molecule has 1 unspecified atom stereocenters. The van der Waals surface area contributed by atoms with Gasteiger partial charge in [-0.25, -0.2) is 4.39 Å². The van der Waals surface area contributed by atoms with Crippen LogP contribution in [0.4, 0.5) is 10.1 Å². The summed E-state index contributed by atoms with van der Waals surface area (Å²) in [7, 11) is 1.63. The molecule has 0 aromatic heterocycles. The monoisotopic (exact) mass is 333 g/mol. The molecule has 2 aliphatic rings. The molecule has 0 bridgehead atoms. The summed E-state index contributed by atoms with van der Waals surface area (Å²) in [6.45, 7) is 1.77. The number of amides is 2. The lowest BCUT2D eigenvalue weighted by Crippen LogP contribution is -2.45. The first-order chi connectivity index (χ1) is 11.6. The minimum absolute atomic E-state index is 0.0381. The van der Waals surface area contributed by atoms with Crippen molar-refractivity contribution in [2.24, 2.45) is 11.8 Å². The maximum atomic E-state index is 13.9. The number of carbonyl (C=O) groups is 2. The van der Waals surface area contributed by atoms with Gasteiger partial charge in [-0.15, -0.1) is 0 Å². The number of nitrogens with one attached hydrogen (secondary N) is 2. The Morgan fingerprint density at radius 2 is 2.08 bits per heavy atom. The van der Waals surface area contributed by atoms with Crippen LogP contribution in [-0.4, -0.2) is 43.4 Å². The standard InChI is InChI=1S/C18H24FN3O2/c1-20-16-7-6-13(9-15(16)19)18(24)22-8-2-3-14(11-22)17(23)21-10-12-4-5-12/h6-7,9,12,14,20H,2-5,8,10-11H2,1H3,(H,21,23). The second-order valence-corrected chi connectivity index (χ2v) is 6.72. The van der Waals surface area contributed by atoms with Gasteiger partial charge >= 0.3 is 0 Å². The summed E-state index contributed by atoms with van der Waals surface area (Å²) < 4.78 is 13.9. The molecule has 2 N–H and O–H groups in total. The lowest BCUT2D eigenvalue weighted by atomic mass is 9.96. The molecule has 1 saturated heterocycles. The normalized spacial score (nSPS) is 20.6. The van der Waals surface area contributed by atoms with Gasteiger partial charge < -0.3 is 15.5 Å². The highest BCUT2D eigenvalue weighted by Crippen LogP contribution is 2.28. The van der Waals surface area contributed by atoms with Crippen LogP contribution in [0.25, 0.3) is 0 Å². The molecule has 1 saturated carbocycles. The number of carbonyl (C=O) groups excluding carboxylic acids is 2. The largest absolute Gasteiger partial charge is 0.386 e. The molecule has 24 heavy (non-hydrogen) atoms. The third kappa shape index (κ3) is 3.86. The molecule has 0 radical (unpaired) electrons. The number of hydrogen-bond donors (Lipinski definition) is 2. The number of halogens is 1. The average molecular weight is 333 g/mol. The van der Waals surface area contributed by atoms with Crippen molar-refractivity contribution >= 4 is 17.5 Å². The van der Waals surface area contributed by atoms with Gasteiger partial charge in [0.1, 0.15) is 5.82 Å². The lowest BCUT2D eigenvalue weighted by Gasteiger charge is -2.32. The molecule has 1 aliphatic heterocycles. The van der Waals surface area contributed by atoms with Gasteiger partial charge in [0.05, 0.1) is 11.6 Å². The molecule has 1 aliphatic carbocycles. The van der Waals surface area contributed by atoms with Crippen LogP contribution in [0.2, 0.25) is 0 Å². The lowest BCUT2D eigenvalue weighted by molar-refractivity contribution is -0.126. The molecule has 1 aromatic rings. The van der Waals surface area contributed by atoms with E-state index in [1.807, 2.05) is 0 Å². The zero-order valence-electron chi connectivity index (χ0n) is 14.0. The molecular formula is C18H24FN3O2. The summed E-state index contributed by atoms with van der Waals surface area (Å²) in [6.07, 6.45) is 3.99. The maximum Gasteiger partial charge on any atom is 0.253 e. The van der Waals surface area contributed by atoms with Gasteiger partial charge in [0.25, 0.3) is 5.91 Å². The molecule has 1 atom stereocenters. The van der Waals surface area contributed by atoms with Gasteiger partial charge in [0.2, 0.25) is 5.91 Å². The predicted molar refractivity (Wildman–Crippen MR) is 90.3 cm³/mol. The van der Waals surface area contributed by atoms with E-state index in [0.717, 1.165) is 19.4 Å². The first-order valence-electron chi connectivity index (χ1n) is 8.62. The molecule has 0 spiro atoms. The van der Waals surface area contributed by atoms with Gasteiger partial charge in [0.15, 0.2) is 0 Å². The summed E-state index contributed by atoms with van der Waals surface area (Å²) in [5.74, 6) is -0.140. The van der Waals surface area contributed by atoms with Crippen LogP contribution in [0, 0.1) is 17.7 Å². The summed E-state index contributed by atoms with van der Waals surface area (Å²) in [5, 5.41) is 5.73. The van der Waals surface area contributed by atoms with Crippen LogP contribution in [0.5, 0.6) is 0 Å². The summed E-state index contributed by atoms with van der Waals surface area (Å²) in [5.41, 5.74) is 0.688. The van der Waals surface area contributed by atoms with E-state index in [-0.39, 0.29) is 17.7 Å². The van der Waals surface area contributed by atoms with Crippen LogP contribution in [0.3, 0.4) is 0 Å². The Balaban J connectivity index is 1.61. The minimum Gasteiger partial charge on any atom is -0.386 e. The number of rotatable bonds is 5. The Morgan fingerprint density at radius 3 is 2.75 bits per heavy atom. The molecule has 6 heteroatoms. The van der Waals surface area contributed by atoms with Crippen LogP contribution in [0.15, 0.2) is 18.2 Å². The highest BCUT2D eigenvalue weighted by atomic mass is 19.1. The molecule has 1 aromatic carbocycles. The van der Waals surface area contributed by atoms with Crippen molar-refractivity contribution in [3.8, 4) is 0 Å². The zero-order chi connectivity index (χ0) is 17.1. The highest BCUT2D eigenvalue weighted by Gasteiger charge is 2.30. The van der Waals surface area contributed by atoms with Crippen molar-refractivity contribution in [2.75, 3.05) is 32.0 Å². The molecule has 1 heterocycles. The molecule has 2 amide bonds. The van der Waals surface area contributed by atoms with Gasteiger partial charge in [-0.2, -0.15) is 0 Å². The van der Waals surface area contributed by atoms with E-state index in [4.69, 9.17) is 0 Å². The minimum atomic E-state index is -0.445. The van der Waals surface area contributed by atoms with Crippen molar-refractivity contribution in [2.45, 2.75) is 25.7 Å². The third-order valence-corrected chi connectivity index (χ3v) is 4.83. The Kier molecular flexibility index (Phi) is 5.02. The smallest absolute Gasteiger partial charge is 0.253 e. The summed E-state index contributed by atoms with van der Waals surface area (Å²) >= 11 is 0. The van der Waals surface area contributed by atoms with Crippen molar-refractivity contribution in [1.82, 2.24) is 10.2 Å². The number of anilines is 1. The van der Waals surface area contributed by atoms with Gasteiger partial charge in [-0.3, -0.25) is 9.59 Å². The topological polar surface area (TPSA) is 61.4 Å². The maximum absolute atomic E-state index is 13.9. The Bertz CT molecular complexity index is 631. The molecule has 3 rings (SSSR count). The van der Waals surface area contributed by atoms with Crippen LogP contribution >= 0.6 is 0 Å². The van der Waals surface area contributed by atoms with Crippen molar-refractivity contribution in [3.63, 3.8) is 0 Å². The zero-order valence-corrected chi connectivity index (χ0v) is 14.0. The van der Waals surface area contributed by atoms with E-state index in [9.17, 15) is 14.0 Å². The van der Waals surface area contributed by atoms with Gasteiger partial charge in [-0.1, -0.05) is 0 Å². The first kappa shape index (κ1) is 16.7. The van der Waals surface area contributed by atoms with Crippen LogP contribution in [0.1, 0.15) is 36.0 Å². The van der Waals surface area contributed by atoms with Crippen molar-refractivity contribution in [1.29, 1.82) is 0 Å². The first-order valence-corrected chi connectivity index (χ1v) is 8.62. The van der Waals surface area contributed by atoms with E-state index in [1.165, 1.54) is 18.9 Å². The fourth-order valence-electron chi connectivity index (χ4n) is 3.12. The van der Waals surface area contributed by atoms with Gasteiger partial charge in [0, 0.05) is 32.2 Å². The number of benzene rings is 1. The Labute approximate surface area is 141 Å². The second kappa shape index (κ2) is 7.20. The van der Waals surface area contributed by atoms with E-state index in [0.29, 0.717) is 30.3 Å². The average Bonchev–Trinajstić information content (AvgIpc) is 3.43. The van der Waals surface area contributed by atoms with Crippen LogP contribution < -0.4 is 10.6 Å². The number of piperidine rings is 1. The predicted octanol–water partition coefficient (Wildman–Crippen LogP) is 2.25. The number of hydrogen-bond acceptors (Lipinski definition) is 3. The Morgan fingerprint density at radius 1 is 1.29 bits per heavy atom. The van der Waals surface area contributed by atoms with E-state index < -0.39 is 5.82 Å². The molecule has 2 fully saturated rings. The molecular weight excluding hydrogens is 309 g/mol. The molecule has 5 nitrogen and oxygen atoms in total. The molecule has 130 valence electrons. The van der Waals surface area contributed by atoms with E-state index >= 15 is 0 Å². The second-order valence-electron chi connectivity index (χ2n) is 6.72. The Hall–Kier alpha value is -2.11. The highest BCUT2D eigenvalue weighted by molar-refractivity contribution is 5.95. The summed E-state index contributed by atoms with van der Waals surface area (Å²) in [4.78, 5) is 26.5. The SMILES string of the molecule is CNc1ccc(C(=O)N2CCCC(C(=O)NCC3CC3)C2)cc1F. The fraction of sp³-hybridized carbons (Fsp3) is 0.556. The van der Waals surface area contributed by atoms with E-state index in [1.54, 1.807) is 24.1 Å².